The molecular weight excluding hydrogens is 445 g/mol. The normalized spacial score (nSPS) is 11.2. The molecule has 0 aromatic heterocycles. The molecule has 0 amide bonds. The zero-order chi connectivity index (χ0) is 22.3. The molecule has 2 nitrogen and oxygen atoms in total. The van der Waals surface area contributed by atoms with Crippen molar-refractivity contribution in [2.24, 2.45) is 0 Å². The van der Waals surface area contributed by atoms with Crippen LogP contribution >= 0.6 is 17.9 Å². The van der Waals surface area contributed by atoms with Gasteiger partial charge >= 0.3 is 28.7 Å². The van der Waals surface area contributed by atoms with Crippen molar-refractivity contribution in [2.75, 3.05) is 0 Å². The van der Waals surface area contributed by atoms with Crippen molar-refractivity contribution in [1.82, 2.24) is 0 Å². The number of benzene rings is 3. The van der Waals surface area contributed by atoms with Crippen molar-refractivity contribution >= 4 is 34.2 Å². The second kappa shape index (κ2) is 11.4. The molecule has 3 aromatic rings. The van der Waals surface area contributed by atoms with E-state index in [1.165, 1.54) is 41.4 Å². The second-order valence-corrected chi connectivity index (χ2v) is 9.63. The summed E-state index contributed by atoms with van der Waals surface area (Å²) in [5.74, 6) is 0.436. The Morgan fingerprint density at radius 3 is 2.27 bits per heavy atom. The summed E-state index contributed by atoms with van der Waals surface area (Å²) in [7, 11) is 5.04. The van der Waals surface area contributed by atoms with Crippen LogP contribution in [0.25, 0.3) is 5.32 Å². The van der Waals surface area contributed by atoms with Crippen LogP contribution in [0.5, 0.6) is 5.75 Å². The van der Waals surface area contributed by atoms with Crippen LogP contribution in [-0.4, -0.2) is 5.11 Å². The van der Waals surface area contributed by atoms with Gasteiger partial charge in [0.05, 0.1) is 0 Å². The fourth-order valence-corrected chi connectivity index (χ4v) is 4.76. The molecule has 1 N–H and O–H groups in total. The van der Waals surface area contributed by atoms with Crippen molar-refractivity contribution < 1.29 is 24.5 Å². The van der Waals surface area contributed by atoms with Gasteiger partial charge in [-0.3, -0.25) is 0 Å². The summed E-state index contributed by atoms with van der Waals surface area (Å²) in [5.41, 5.74) is 5.57. The van der Waals surface area contributed by atoms with E-state index in [2.05, 4.69) is 74.3 Å². The van der Waals surface area contributed by atoms with E-state index in [0.717, 1.165) is 16.6 Å². The number of hydrogen-bond acceptors (Lipinski definition) is 1. The molecule has 1 unspecified atom stereocenters. The Hall–Kier alpha value is -1.31. The first kappa shape index (κ1) is 25.0. The van der Waals surface area contributed by atoms with Crippen LogP contribution in [0.2, 0.25) is 0 Å². The van der Waals surface area contributed by atoms with E-state index < -0.39 is 0 Å². The summed E-state index contributed by atoms with van der Waals surface area (Å²) in [5, 5.41) is 18.0. The van der Waals surface area contributed by atoms with Gasteiger partial charge < -0.3 is 10.4 Å². The third kappa shape index (κ3) is 6.59. The zero-order valence-corrected chi connectivity index (χ0v) is 21.6. The molecule has 0 spiro atoms. The molecular formula is C25H29ClNOPTi. The molecule has 1 atom stereocenters. The van der Waals surface area contributed by atoms with Gasteiger partial charge in [0.1, 0.15) is 5.75 Å². The van der Waals surface area contributed by atoms with Crippen molar-refractivity contribution in [3.8, 4) is 5.75 Å². The van der Waals surface area contributed by atoms with Gasteiger partial charge in [-0.25, -0.2) is 0 Å². The van der Waals surface area contributed by atoms with Crippen LogP contribution in [0.15, 0.2) is 60.7 Å². The third-order valence-corrected chi connectivity index (χ3v) is 6.49. The summed E-state index contributed by atoms with van der Waals surface area (Å²) in [4.78, 5) is 0. The molecule has 0 saturated heterocycles. The SMILES string of the molecule is Cc1cc(Pc2c(C)cccc2C[N-]c2ccccc2)c(O)c(C(C)(C)C)c1.[Cl][Ti+]. The topological polar surface area (TPSA) is 34.3 Å². The summed E-state index contributed by atoms with van der Waals surface area (Å²) in [6.45, 7) is 11.3. The summed E-state index contributed by atoms with van der Waals surface area (Å²) >= 11 is 1.47. The van der Waals surface area contributed by atoms with Gasteiger partial charge in [-0.05, 0) is 41.8 Å². The van der Waals surface area contributed by atoms with Crippen LogP contribution in [0.1, 0.15) is 43.0 Å². The Bertz CT molecular complexity index is 971. The minimum atomic E-state index is -0.0907. The maximum atomic E-state index is 11.0. The van der Waals surface area contributed by atoms with E-state index >= 15 is 0 Å². The first-order chi connectivity index (χ1) is 14.3. The van der Waals surface area contributed by atoms with Gasteiger partial charge in [0.25, 0.3) is 0 Å². The molecule has 30 heavy (non-hydrogen) atoms. The van der Waals surface area contributed by atoms with E-state index in [1.54, 1.807) is 0 Å². The summed E-state index contributed by atoms with van der Waals surface area (Å²) in [6, 6.07) is 20.7. The molecule has 5 heteroatoms. The van der Waals surface area contributed by atoms with E-state index in [-0.39, 0.29) is 5.41 Å². The molecule has 3 rings (SSSR count). The first-order valence-corrected chi connectivity index (χ1v) is 13.0. The van der Waals surface area contributed by atoms with E-state index in [4.69, 9.17) is 5.32 Å². The van der Waals surface area contributed by atoms with Crippen LogP contribution in [0, 0.1) is 13.8 Å². The Morgan fingerprint density at radius 1 is 0.967 bits per heavy atom. The van der Waals surface area contributed by atoms with Crippen LogP contribution < -0.4 is 10.6 Å². The third-order valence-electron chi connectivity index (χ3n) is 4.87. The minimum absolute atomic E-state index is 0.0907. The van der Waals surface area contributed by atoms with Crippen LogP contribution in [0.4, 0.5) is 5.69 Å². The van der Waals surface area contributed by atoms with Gasteiger partial charge in [0.15, 0.2) is 0 Å². The molecule has 0 saturated carbocycles. The van der Waals surface area contributed by atoms with Crippen LogP contribution in [-0.2, 0) is 31.3 Å². The summed E-state index contributed by atoms with van der Waals surface area (Å²) < 4.78 is 0. The quantitative estimate of drug-likeness (QED) is 0.320. The van der Waals surface area contributed by atoms with E-state index in [0.29, 0.717) is 20.9 Å². The molecule has 3 aromatic carbocycles. The van der Waals surface area contributed by atoms with Crippen molar-refractivity contribution in [1.29, 1.82) is 0 Å². The number of phenolic OH excluding ortho intramolecular Hbond substituents is 1. The van der Waals surface area contributed by atoms with E-state index in [1.807, 2.05) is 30.3 Å². The monoisotopic (exact) mass is 473 g/mol. The van der Waals surface area contributed by atoms with E-state index in [9.17, 15) is 5.11 Å². The van der Waals surface area contributed by atoms with Crippen LogP contribution in [0.3, 0.4) is 0 Å². The van der Waals surface area contributed by atoms with Crippen molar-refractivity contribution in [3.05, 3.63) is 88.2 Å². The summed E-state index contributed by atoms with van der Waals surface area (Å²) in [6.07, 6.45) is 0. The molecule has 0 aliphatic heterocycles. The fraction of sp³-hybridized carbons (Fsp3) is 0.280. The Kier molecular flexibility index (Phi) is 9.44. The van der Waals surface area contributed by atoms with Gasteiger partial charge in [-0.2, -0.15) is 0 Å². The number of para-hydroxylation sites is 1. The number of aromatic hydroxyl groups is 1. The Morgan fingerprint density at radius 2 is 1.63 bits per heavy atom. The number of phenols is 1. The fourth-order valence-electron chi connectivity index (χ4n) is 3.33. The number of halogens is 1. The second-order valence-electron chi connectivity index (χ2n) is 8.34. The van der Waals surface area contributed by atoms with Gasteiger partial charge in [0.2, 0.25) is 0 Å². The number of nitrogens with zero attached hydrogens (tertiary/aromatic N) is 1. The number of rotatable bonds is 5. The molecule has 0 aliphatic carbocycles. The molecule has 0 heterocycles. The van der Waals surface area contributed by atoms with Gasteiger partial charge in [-0.15, -0.1) is 12.2 Å². The first-order valence-electron chi connectivity index (χ1n) is 9.87. The van der Waals surface area contributed by atoms with Gasteiger partial charge in [-0.1, -0.05) is 89.5 Å². The molecule has 0 radical (unpaired) electrons. The Balaban J connectivity index is 0.00000155. The Labute approximate surface area is 198 Å². The predicted molar refractivity (Wildman–Crippen MR) is 129 cm³/mol. The average Bonchev–Trinajstić information content (AvgIpc) is 2.72. The zero-order valence-electron chi connectivity index (χ0n) is 18.3. The standard InChI is InChI=1S/C25H29NOP.ClH.Ti/c1-17-14-21(25(3,4)5)23(27)22(15-17)28-24-18(2)10-9-11-19(24)16-26-20-12-7-6-8-13-20;;/h6-15,27-28H,16H2,1-5H3;1H;/q-1;;+2/p-1. The molecule has 156 valence electrons. The molecule has 0 fully saturated rings. The predicted octanol–water partition coefficient (Wildman–Crippen LogP) is 6.83. The maximum absolute atomic E-state index is 11.0. The van der Waals surface area contributed by atoms with Crippen molar-refractivity contribution in [2.45, 2.75) is 46.6 Å². The number of hydrogen-bond donors (Lipinski definition) is 1. The number of aryl methyl sites for hydroxylation is 2. The molecule has 0 bridgehead atoms. The average molecular weight is 474 g/mol. The van der Waals surface area contributed by atoms with Gasteiger partial charge in [0, 0.05) is 10.9 Å². The van der Waals surface area contributed by atoms with Crippen molar-refractivity contribution in [3.63, 3.8) is 0 Å². The molecule has 0 aliphatic rings.